The maximum absolute atomic E-state index is 12.2. The van der Waals surface area contributed by atoms with Crippen molar-refractivity contribution in [3.05, 3.63) is 63.9 Å². The average molecular weight is 420 g/mol. The Bertz CT molecular complexity index is 829. The molecule has 3 nitrogen and oxygen atoms in total. The summed E-state index contributed by atoms with van der Waals surface area (Å²) in [5, 5.41) is 2.02. The highest BCUT2D eigenvalue weighted by atomic mass is 79.9. The Morgan fingerprint density at radius 3 is 2.54 bits per heavy atom. The van der Waals surface area contributed by atoms with Gasteiger partial charge in [0.2, 0.25) is 0 Å². The molecule has 0 saturated heterocycles. The van der Waals surface area contributed by atoms with E-state index in [0.717, 1.165) is 25.8 Å². The predicted octanol–water partition coefficient (Wildman–Crippen LogP) is 5.56. The number of aromatic nitrogens is 1. The summed E-state index contributed by atoms with van der Waals surface area (Å²) in [5.74, 6) is 1.21. The second kappa shape index (κ2) is 7.96. The normalized spacial score (nSPS) is 10.6. The Morgan fingerprint density at radius 2 is 1.88 bits per heavy atom. The third-order valence-electron chi connectivity index (χ3n) is 3.36. The Labute approximate surface area is 157 Å². The molecule has 2 aromatic carbocycles. The Morgan fingerprint density at radius 1 is 1.17 bits per heavy atom. The molecule has 0 atom stereocenters. The summed E-state index contributed by atoms with van der Waals surface area (Å²) in [7, 11) is 1.61. The first-order chi connectivity index (χ1) is 11.7. The van der Waals surface area contributed by atoms with Gasteiger partial charge in [-0.1, -0.05) is 39.8 Å². The smallest absolute Gasteiger partial charge is 0.173 e. The van der Waals surface area contributed by atoms with E-state index >= 15 is 0 Å². The van der Waals surface area contributed by atoms with E-state index in [1.165, 1.54) is 11.8 Å². The van der Waals surface area contributed by atoms with Gasteiger partial charge in [0.15, 0.2) is 10.1 Å². The van der Waals surface area contributed by atoms with Crippen LogP contribution in [0.2, 0.25) is 0 Å². The maximum Gasteiger partial charge on any atom is 0.173 e. The van der Waals surface area contributed by atoms with Crippen molar-refractivity contribution >= 4 is 44.8 Å². The largest absolute Gasteiger partial charge is 0.497 e. The Balaban J connectivity index is 1.62. The number of methoxy groups -OCH3 is 1. The number of ether oxygens (including phenoxy) is 1. The van der Waals surface area contributed by atoms with Gasteiger partial charge in [-0.3, -0.25) is 4.79 Å². The zero-order chi connectivity index (χ0) is 16.9. The van der Waals surface area contributed by atoms with Crippen LogP contribution in [-0.2, 0) is 0 Å². The first kappa shape index (κ1) is 17.2. The SMILES string of the molecule is COc1ccc(C(=O)CSc2nc(-c3ccc(Br)cc3)cs2)cc1. The van der Waals surface area contributed by atoms with Crippen LogP contribution in [0.5, 0.6) is 5.75 Å². The van der Waals surface area contributed by atoms with E-state index in [0.29, 0.717) is 11.3 Å². The molecule has 0 aliphatic heterocycles. The number of hydrogen-bond donors (Lipinski definition) is 0. The summed E-state index contributed by atoms with van der Waals surface area (Å²) < 4.78 is 7.04. The molecule has 0 spiro atoms. The molecule has 0 fully saturated rings. The summed E-state index contributed by atoms with van der Waals surface area (Å²) in [6, 6.07) is 15.2. The van der Waals surface area contributed by atoms with Gasteiger partial charge in [0, 0.05) is 21.0 Å². The standard InChI is InChI=1S/C18H14BrNO2S2/c1-22-15-8-4-13(5-9-15)17(21)11-24-18-20-16(10-23-18)12-2-6-14(19)7-3-12/h2-10H,11H2,1H3. The van der Waals surface area contributed by atoms with Crippen LogP contribution in [-0.4, -0.2) is 23.6 Å². The zero-order valence-corrected chi connectivity index (χ0v) is 16.1. The fraction of sp³-hybridized carbons (Fsp3) is 0.111. The highest BCUT2D eigenvalue weighted by Gasteiger charge is 2.10. The lowest BCUT2D eigenvalue weighted by atomic mass is 10.1. The van der Waals surface area contributed by atoms with Crippen molar-refractivity contribution in [2.75, 3.05) is 12.9 Å². The average Bonchev–Trinajstić information content (AvgIpc) is 3.09. The second-order valence-electron chi connectivity index (χ2n) is 4.95. The van der Waals surface area contributed by atoms with E-state index in [1.54, 1.807) is 42.7 Å². The van der Waals surface area contributed by atoms with Gasteiger partial charge < -0.3 is 4.74 Å². The first-order valence-electron chi connectivity index (χ1n) is 7.17. The Kier molecular flexibility index (Phi) is 5.71. The number of carbonyl (C=O) groups excluding carboxylic acids is 1. The number of benzene rings is 2. The summed E-state index contributed by atoms with van der Waals surface area (Å²) in [6.07, 6.45) is 0. The molecular formula is C18H14BrNO2S2. The number of Topliss-reactive ketones (excluding diaryl/α,β-unsaturated/α-hetero) is 1. The molecule has 1 heterocycles. The minimum atomic E-state index is 0.0862. The van der Waals surface area contributed by atoms with Crippen molar-refractivity contribution in [1.29, 1.82) is 0 Å². The van der Waals surface area contributed by atoms with Crippen LogP contribution in [0, 0.1) is 0 Å². The van der Waals surface area contributed by atoms with Gasteiger partial charge in [-0.15, -0.1) is 11.3 Å². The maximum atomic E-state index is 12.2. The number of rotatable bonds is 6. The van der Waals surface area contributed by atoms with Crippen LogP contribution in [0.15, 0.2) is 62.7 Å². The van der Waals surface area contributed by atoms with Gasteiger partial charge in [-0.25, -0.2) is 4.98 Å². The van der Waals surface area contributed by atoms with Crippen LogP contribution < -0.4 is 4.74 Å². The molecule has 24 heavy (non-hydrogen) atoms. The van der Waals surface area contributed by atoms with Crippen LogP contribution in [0.1, 0.15) is 10.4 Å². The number of thiazole rings is 1. The molecule has 0 radical (unpaired) electrons. The van der Waals surface area contributed by atoms with Crippen LogP contribution in [0.4, 0.5) is 0 Å². The Hall–Kier alpha value is -1.63. The highest BCUT2D eigenvalue weighted by Crippen LogP contribution is 2.29. The molecule has 0 unspecified atom stereocenters. The molecule has 0 N–H and O–H groups in total. The van der Waals surface area contributed by atoms with E-state index < -0.39 is 0 Å². The fourth-order valence-electron chi connectivity index (χ4n) is 2.06. The molecule has 0 bridgehead atoms. The van der Waals surface area contributed by atoms with Crippen molar-refractivity contribution in [3.8, 4) is 17.0 Å². The number of thioether (sulfide) groups is 1. The molecule has 3 aromatic rings. The third kappa shape index (κ3) is 4.26. The minimum absolute atomic E-state index is 0.0862. The van der Waals surface area contributed by atoms with Crippen molar-refractivity contribution in [3.63, 3.8) is 0 Å². The molecule has 1 aromatic heterocycles. The molecule has 122 valence electrons. The fourth-order valence-corrected chi connectivity index (χ4v) is 4.06. The molecule has 6 heteroatoms. The summed E-state index contributed by atoms with van der Waals surface area (Å²) >= 11 is 6.46. The molecule has 0 aliphatic rings. The quantitative estimate of drug-likeness (QED) is 0.387. The van der Waals surface area contributed by atoms with Gasteiger partial charge in [-0.05, 0) is 36.4 Å². The van der Waals surface area contributed by atoms with E-state index in [9.17, 15) is 4.79 Å². The van der Waals surface area contributed by atoms with Crippen LogP contribution >= 0.6 is 39.0 Å². The van der Waals surface area contributed by atoms with E-state index in [4.69, 9.17) is 4.74 Å². The van der Waals surface area contributed by atoms with Crippen LogP contribution in [0.3, 0.4) is 0 Å². The summed E-state index contributed by atoms with van der Waals surface area (Å²) in [5.41, 5.74) is 2.70. The van der Waals surface area contributed by atoms with Gasteiger partial charge in [0.25, 0.3) is 0 Å². The molecule has 0 saturated carbocycles. The van der Waals surface area contributed by atoms with Crippen molar-refractivity contribution < 1.29 is 9.53 Å². The lowest BCUT2D eigenvalue weighted by molar-refractivity contribution is 0.102. The van der Waals surface area contributed by atoms with E-state index in [2.05, 4.69) is 20.9 Å². The number of carbonyl (C=O) groups is 1. The number of ketones is 1. The number of hydrogen-bond acceptors (Lipinski definition) is 5. The lowest BCUT2D eigenvalue weighted by Crippen LogP contribution is -2.02. The van der Waals surface area contributed by atoms with Gasteiger partial charge in [-0.2, -0.15) is 0 Å². The highest BCUT2D eigenvalue weighted by molar-refractivity contribution is 9.10. The lowest BCUT2D eigenvalue weighted by Gasteiger charge is -2.02. The molecular weight excluding hydrogens is 406 g/mol. The predicted molar refractivity (Wildman–Crippen MR) is 103 cm³/mol. The van der Waals surface area contributed by atoms with E-state index in [1.807, 2.05) is 29.6 Å². The van der Waals surface area contributed by atoms with Crippen molar-refractivity contribution in [2.45, 2.75) is 4.34 Å². The van der Waals surface area contributed by atoms with Gasteiger partial charge in [0.05, 0.1) is 18.6 Å². The monoisotopic (exact) mass is 419 g/mol. The third-order valence-corrected chi connectivity index (χ3v) is 5.91. The number of halogens is 1. The van der Waals surface area contributed by atoms with E-state index in [-0.39, 0.29) is 5.78 Å². The number of nitrogens with zero attached hydrogens (tertiary/aromatic N) is 1. The van der Waals surface area contributed by atoms with Crippen LogP contribution in [0.25, 0.3) is 11.3 Å². The minimum Gasteiger partial charge on any atom is -0.497 e. The van der Waals surface area contributed by atoms with Gasteiger partial charge >= 0.3 is 0 Å². The second-order valence-corrected chi connectivity index (χ2v) is 7.94. The van der Waals surface area contributed by atoms with Gasteiger partial charge in [0.1, 0.15) is 5.75 Å². The molecule has 0 amide bonds. The summed E-state index contributed by atoms with van der Waals surface area (Å²) in [6.45, 7) is 0. The van der Waals surface area contributed by atoms with Crippen molar-refractivity contribution in [1.82, 2.24) is 4.98 Å². The topological polar surface area (TPSA) is 39.2 Å². The molecule has 3 rings (SSSR count). The summed E-state index contributed by atoms with van der Waals surface area (Å²) in [4.78, 5) is 16.8. The molecule has 0 aliphatic carbocycles. The zero-order valence-electron chi connectivity index (χ0n) is 12.9. The van der Waals surface area contributed by atoms with Crippen molar-refractivity contribution in [2.24, 2.45) is 0 Å². The first-order valence-corrected chi connectivity index (χ1v) is 9.83.